The molecule has 3 heterocycles. The summed E-state index contributed by atoms with van der Waals surface area (Å²) < 4.78 is 24.9. The second-order valence-corrected chi connectivity index (χ2v) is 10.1. The normalized spacial score (nSPS) is 21.4. The van der Waals surface area contributed by atoms with Gasteiger partial charge in [0, 0.05) is 41.2 Å². The maximum atomic E-state index is 14.2. The summed E-state index contributed by atoms with van der Waals surface area (Å²) in [6.07, 6.45) is 6.72. The summed E-state index contributed by atoms with van der Waals surface area (Å²) in [4.78, 5) is 31.6. The van der Waals surface area contributed by atoms with Crippen LogP contribution < -0.4 is 15.8 Å². The molecule has 3 fully saturated rings. The fraction of sp³-hybridized carbons (Fsp3) is 0.520. The van der Waals surface area contributed by atoms with Gasteiger partial charge in [0.2, 0.25) is 23.6 Å². The number of rotatable bonds is 8. The maximum absolute atomic E-state index is 14.2. The molecule has 2 amide bonds. The van der Waals surface area contributed by atoms with E-state index in [4.69, 9.17) is 20.3 Å². The largest absolute Gasteiger partial charge is 0.481 e. The molecular weight excluding hydrogens is 481 g/mol. The number of ether oxygens (including phenoxy) is 1. The molecule has 0 bridgehead atoms. The highest BCUT2D eigenvalue weighted by molar-refractivity contribution is 6.43. The molecule has 196 valence electrons. The number of nitrogens with zero attached hydrogens (tertiary/aromatic N) is 4. The van der Waals surface area contributed by atoms with Crippen LogP contribution in [0.5, 0.6) is 5.88 Å². The highest BCUT2D eigenvalue weighted by Gasteiger charge is 2.54. The summed E-state index contributed by atoms with van der Waals surface area (Å²) in [6.45, 7) is 2.15. The monoisotopic (exact) mass is 511 g/mol. The van der Waals surface area contributed by atoms with Gasteiger partial charge in [-0.3, -0.25) is 15.0 Å². The first kappa shape index (κ1) is 24.8. The van der Waals surface area contributed by atoms with Gasteiger partial charge in [-0.2, -0.15) is 0 Å². The number of carbonyl (C=O) groups excluding carboxylic acids is 2. The molecule has 0 aromatic carbocycles. The lowest BCUT2D eigenvalue weighted by Crippen LogP contribution is -2.52. The van der Waals surface area contributed by atoms with Crippen molar-refractivity contribution < 1.29 is 23.1 Å². The van der Waals surface area contributed by atoms with Gasteiger partial charge in [-0.1, -0.05) is 0 Å². The second kappa shape index (κ2) is 9.56. The molecule has 2 atom stereocenters. The van der Waals surface area contributed by atoms with Crippen molar-refractivity contribution in [1.29, 1.82) is 5.41 Å². The van der Waals surface area contributed by atoms with Gasteiger partial charge in [0.15, 0.2) is 5.82 Å². The summed E-state index contributed by atoms with van der Waals surface area (Å²) >= 11 is 0. The molecule has 1 unspecified atom stereocenters. The van der Waals surface area contributed by atoms with Crippen LogP contribution in [-0.2, 0) is 9.59 Å². The van der Waals surface area contributed by atoms with Gasteiger partial charge in [-0.25, -0.2) is 9.37 Å². The molecule has 12 heteroatoms. The van der Waals surface area contributed by atoms with E-state index < -0.39 is 23.3 Å². The van der Waals surface area contributed by atoms with Crippen molar-refractivity contribution in [3.8, 4) is 5.88 Å². The Labute approximate surface area is 213 Å². The van der Waals surface area contributed by atoms with Gasteiger partial charge < -0.3 is 25.1 Å². The number of methoxy groups -OCH3 is 1. The number of nitrogens with two attached hydrogens (primary N) is 1. The molecule has 2 saturated carbocycles. The second-order valence-electron chi connectivity index (χ2n) is 10.1. The van der Waals surface area contributed by atoms with E-state index in [0.29, 0.717) is 37.1 Å². The molecule has 1 spiro atoms. The van der Waals surface area contributed by atoms with Crippen molar-refractivity contribution in [2.75, 3.05) is 13.7 Å². The Morgan fingerprint density at radius 2 is 2.11 bits per heavy atom. The maximum Gasteiger partial charge on any atom is 0.272 e. The predicted octanol–water partition coefficient (Wildman–Crippen LogP) is 2.46. The molecule has 5 rings (SSSR count). The van der Waals surface area contributed by atoms with Crippen LogP contribution in [0.4, 0.5) is 4.39 Å². The Bertz CT molecular complexity index is 1270. The van der Waals surface area contributed by atoms with Crippen LogP contribution in [-0.4, -0.2) is 56.8 Å². The van der Waals surface area contributed by atoms with Crippen LogP contribution in [0.2, 0.25) is 0 Å². The Balaban J connectivity index is 1.21. The standard InChI is InChI=1S/C25H30FN7O4/c1-13(22-31-32-23(37-22)14-3-4-14)30-21(34)15-5-8-33(25(11-15)6-7-25)24(35)19(28)10-18(27)16-9-20(36-2)29-12-17(16)26/h9-10,12-15,28H,3-8,11,27H2,1-2H3,(H,30,34)/b18-10-,28-19?/t13?,15-/m0/s1. The average Bonchev–Trinajstić information content (AvgIpc) is 3.82. The number of hydrogen-bond acceptors (Lipinski definition) is 9. The molecular formula is C25H30FN7O4. The van der Waals surface area contributed by atoms with Crippen LogP contribution in [0.1, 0.15) is 74.8 Å². The van der Waals surface area contributed by atoms with Gasteiger partial charge in [-0.05, 0) is 51.5 Å². The van der Waals surface area contributed by atoms with Gasteiger partial charge in [0.25, 0.3) is 5.91 Å². The number of amides is 2. The number of hydrogen-bond donors (Lipinski definition) is 3. The molecule has 2 aromatic heterocycles. The SMILES string of the molecule is COc1cc(/C(N)=C/C(=N)C(=O)N2CC[C@H](C(=O)NC(C)c3nnc(C4CC4)o3)CC23CC3)c(F)cn1. The van der Waals surface area contributed by atoms with E-state index in [1.54, 1.807) is 4.90 Å². The Kier molecular flexibility index (Phi) is 6.42. The van der Waals surface area contributed by atoms with Crippen molar-refractivity contribution in [2.45, 2.75) is 62.9 Å². The average molecular weight is 512 g/mol. The number of halogens is 1. The minimum atomic E-state index is -0.682. The van der Waals surface area contributed by atoms with Crippen molar-refractivity contribution in [3.05, 3.63) is 41.5 Å². The van der Waals surface area contributed by atoms with E-state index in [-0.39, 0.29) is 34.7 Å². The van der Waals surface area contributed by atoms with Gasteiger partial charge in [-0.15, -0.1) is 10.2 Å². The molecule has 3 aliphatic rings. The van der Waals surface area contributed by atoms with Gasteiger partial charge in [0.1, 0.15) is 11.8 Å². The van der Waals surface area contributed by atoms with Gasteiger partial charge in [0.05, 0.1) is 13.3 Å². The molecule has 37 heavy (non-hydrogen) atoms. The Morgan fingerprint density at radius 1 is 1.35 bits per heavy atom. The predicted molar refractivity (Wildman–Crippen MR) is 130 cm³/mol. The number of carbonyl (C=O) groups is 2. The first-order valence-electron chi connectivity index (χ1n) is 12.4. The van der Waals surface area contributed by atoms with Crippen LogP contribution in [0.3, 0.4) is 0 Å². The summed E-state index contributed by atoms with van der Waals surface area (Å²) in [7, 11) is 1.39. The summed E-state index contributed by atoms with van der Waals surface area (Å²) in [5.41, 5.74) is 5.13. The van der Waals surface area contributed by atoms with E-state index in [2.05, 4.69) is 20.5 Å². The number of pyridine rings is 1. The number of likely N-dealkylation sites (tertiary alicyclic amines) is 1. The zero-order chi connectivity index (χ0) is 26.3. The third kappa shape index (κ3) is 5.05. The number of aromatic nitrogens is 3. The molecule has 0 radical (unpaired) electrons. The smallest absolute Gasteiger partial charge is 0.272 e. The lowest BCUT2D eigenvalue weighted by atomic mass is 9.87. The van der Waals surface area contributed by atoms with E-state index >= 15 is 0 Å². The molecule has 2 aliphatic carbocycles. The zero-order valence-corrected chi connectivity index (χ0v) is 20.8. The molecule has 1 aliphatic heterocycles. The van der Waals surface area contributed by atoms with Crippen molar-refractivity contribution >= 4 is 23.2 Å². The van der Waals surface area contributed by atoms with E-state index in [1.165, 1.54) is 13.2 Å². The third-order valence-corrected chi connectivity index (χ3v) is 7.34. The topological polar surface area (TPSA) is 160 Å². The zero-order valence-electron chi connectivity index (χ0n) is 20.8. The van der Waals surface area contributed by atoms with Crippen LogP contribution >= 0.6 is 0 Å². The molecule has 11 nitrogen and oxygen atoms in total. The van der Waals surface area contributed by atoms with Crippen molar-refractivity contribution in [3.63, 3.8) is 0 Å². The Morgan fingerprint density at radius 3 is 2.78 bits per heavy atom. The van der Waals surface area contributed by atoms with E-state index in [0.717, 1.165) is 38.0 Å². The fourth-order valence-electron chi connectivity index (χ4n) is 4.85. The highest BCUT2D eigenvalue weighted by atomic mass is 19.1. The van der Waals surface area contributed by atoms with Crippen molar-refractivity contribution in [2.24, 2.45) is 11.7 Å². The number of piperidine rings is 1. The summed E-state index contributed by atoms with van der Waals surface area (Å²) in [6, 6.07) is 0.906. The summed E-state index contributed by atoms with van der Waals surface area (Å²) in [5.74, 6) is -0.0264. The molecule has 4 N–H and O–H groups in total. The lowest BCUT2D eigenvalue weighted by molar-refractivity contribution is -0.135. The van der Waals surface area contributed by atoms with Crippen LogP contribution in [0.25, 0.3) is 5.70 Å². The first-order valence-corrected chi connectivity index (χ1v) is 12.4. The fourth-order valence-corrected chi connectivity index (χ4v) is 4.85. The number of nitrogens with one attached hydrogen (secondary N) is 2. The van der Waals surface area contributed by atoms with Crippen molar-refractivity contribution in [1.82, 2.24) is 25.4 Å². The third-order valence-electron chi connectivity index (χ3n) is 7.34. The van der Waals surface area contributed by atoms with Gasteiger partial charge >= 0.3 is 0 Å². The van der Waals surface area contributed by atoms with E-state index in [1.807, 2.05) is 6.92 Å². The van der Waals surface area contributed by atoms with E-state index in [9.17, 15) is 14.0 Å². The van der Waals surface area contributed by atoms with Crippen LogP contribution in [0, 0.1) is 17.1 Å². The molecule has 1 saturated heterocycles. The van der Waals surface area contributed by atoms with Crippen LogP contribution in [0.15, 0.2) is 22.8 Å². The minimum Gasteiger partial charge on any atom is -0.481 e. The Hall–Kier alpha value is -3.83. The molecule has 2 aromatic rings. The quantitative estimate of drug-likeness (QED) is 0.456. The minimum absolute atomic E-state index is 0.000494. The lowest BCUT2D eigenvalue weighted by Gasteiger charge is -2.39. The highest BCUT2D eigenvalue weighted by Crippen LogP contribution is 2.50. The first-order chi connectivity index (χ1) is 17.7. The summed E-state index contributed by atoms with van der Waals surface area (Å²) in [5, 5.41) is 19.4.